The Kier molecular flexibility index (Phi) is 5.20. The van der Waals surface area contributed by atoms with Crippen molar-refractivity contribution in [2.24, 2.45) is 0 Å². The lowest BCUT2D eigenvalue weighted by atomic mass is 9.99. The molecule has 0 unspecified atom stereocenters. The van der Waals surface area contributed by atoms with Crippen LogP contribution in [0, 0.1) is 0 Å². The third-order valence-electron chi connectivity index (χ3n) is 6.37. The Labute approximate surface area is 183 Å². The van der Waals surface area contributed by atoms with Crippen molar-refractivity contribution < 1.29 is 4.79 Å². The highest BCUT2D eigenvalue weighted by Crippen LogP contribution is 2.34. The van der Waals surface area contributed by atoms with Crippen LogP contribution in [0.4, 0.5) is 11.5 Å². The van der Waals surface area contributed by atoms with Crippen LogP contribution in [-0.2, 0) is 11.2 Å². The van der Waals surface area contributed by atoms with Gasteiger partial charge in [-0.3, -0.25) is 9.69 Å². The minimum Gasteiger partial charge on any atom is -0.354 e. The third kappa shape index (κ3) is 3.81. The molecule has 0 radical (unpaired) electrons. The highest BCUT2D eigenvalue weighted by Gasteiger charge is 2.25. The van der Waals surface area contributed by atoms with E-state index >= 15 is 0 Å². The smallest absolute Gasteiger partial charge is 0.256 e. The predicted molar refractivity (Wildman–Crippen MR) is 127 cm³/mol. The zero-order valence-electron chi connectivity index (χ0n) is 18.2. The second-order valence-corrected chi connectivity index (χ2v) is 8.64. The zero-order chi connectivity index (χ0) is 21.4. The number of piperazine rings is 1. The molecule has 5 rings (SSSR count). The van der Waals surface area contributed by atoms with E-state index in [1.165, 1.54) is 16.3 Å². The standard InChI is InChI=1S/C26H28N4O/c1-18(2)24-22-17-19(7-8-23(22)28-26(24)31)10-12-29-13-15-30(16-14-29)25-21-6-4-3-5-20(21)9-11-27-25/h3-9,11,17H,10,12-16H2,1-2H3,(H,28,31). The molecule has 1 fully saturated rings. The number of nitrogens with one attached hydrogen (secondary N) is 1. The first kappa shape index (κ1) is 19.8. The molecule has 0 saturated carbocycles. The van der Waals surface area contributed by atoms with Crippen molar-refractivity contribution in [3.05, 3.63) is 71.4 Å². The van der Waals surface area contributed by atoms with Gasteiger partial charge in [0.1, 0.15) is 5.82 Å². The van der Waals surface area contributed by atoms with Gasteiger partial charge in [0.05, 0.1) is 0 Å². The molecule has 158 valence electrons. The molecule has 1 aromatic heterocycles. The minimum atomic E-state index is 0.0188. The summed E-state index contributed by atoms with van der Waals surface area (Å²) in [5, 5.41) is 5.45. The molecule has 3 heterocycles. The van der Waals surface area contributed by atoms with Crippen LogP contribution < -0.4 is 10.2 Å². The summed E-state index contributed by atoms with van der Waals surface area (Å²) in [6, 6.07) is 16.9. The van der Waals surface area contributed by atoms with Gasteiger partial charge in [0, 0.05) is 61.1 Å². The molecule has 31 heavy (non-hydrogen) atoms. The van der Waals surface area contributed by atoms with Gasteiger partial charge in [-0.15, -0.1) is 0 Å². The van der Waals surface area contributed by atoms with Crippen molar-refractivity contribution in [3.8, 4) is 0 Å². The van der Waals surface area contributed by atoms with E-state index in [-0.39, 0.29) is 5.91 Å². The fraction of sp³-hybridized carbons (Fsp3) is 0.308. The van der Waals surface area contributed by atoms with Crippen LogP contribution in [0.25, 0.3) is 16.3 Å². The van der Waals surface area contributed by atoms with Crippen molar-refractivity contribution in [1.29, 1.82) is 0 Å². The van der Waals surface area contributed by atoms with E-state index < -0.39 is 0 Å². The quantitative estimate of drug-likeness (QED) is 0.648. The summed E-state index contributed by atoms with van der Waals surface area (Å²) in [5.74, 6) is 1.12. The van der Waals surface area contributed by atoms with Crippen LogP contribution >= 0.6 is 0 Å². The number of hydrogen-bond acceptors (Lipinski definition) is 4. The molecule has 2 aromatic carbocycles. The number of allylic oxidation sites excluding steroid dienone is 1. The topological polar surface area (TPSA) is 48.5 Å². The minimum absolute atomic E-state index is 0.0188. The Bertz CT molecular complexity index is 1170. The monoisotopic (exact) mass is 412 g/mol. The molecular formula is C26H28N4O. The molecule has 5 heteroatoms. The first-order valence-corrected chi connectivity index (χ1v) is 11.0. The largest absolute Gasteiger partial charge is 0.354 e. The highest BCUT2D eigenvalue weighted by molar-refractivity contribution is 6.32. The second-order valence-electron chi connectivity index (χ2n) is 8.64. The number of fused-ring (bicyclic) bond motifs is 2. The van der Waals surface area contributed by atoms with Gasteiger partial charge in [-0.2, -0.15) is 0 Å². The van der Waals surface area contributed by atoms with Gasteiger partial charge in [0.25, 0.3) is 5.91 Å². The number of rotatable bonds is 4. The number of pyridine rings is 1. The second kappa shape index (κ2) is 8.16. The van der Waals surface area contributed by atoms with Crippen LogP contribution in [0.5, 0.6) is 0 Å². The Morgan fingerprint density at radius 1 is 1.03 bits per heavy atom. The van der Waals surface area contributed by atoms with Crippen molar-refractivity contribution >= 4 is 33.8 Å². The number of nitrogens with zero attached hydrogens (tertiary/aromatic N) is 3. The SMILES string of the molecule is CC(C)=C1C(=O)Nc2ccc(CCN3CCN(c4nccc5ccccc45)CC3)cc21. The molecular weight excluding hydrogens is 384 g/mol. The average molecular weight is 413 g/mol. The molecule has 2 aliphatic heterocycles. The fourth-order valence-electron chi connectivity index (χ4n) is 4.69. The van der Waals surface area contributed by atoms with Crippen LogP contribution in [0.15, 0.2) is 60.3 Å². The Morgan fingerprint density at radius 2 is 1.84 bits per heavy atom. The Balaban J connectivity index is 1.22. The molecule has 3 aromatic rings. The van der Waals surface area contributed by atoms with E-state index in [2.05, 4.69) is 62.6 Å². The van der Waals surface area contributed by atoms with Gasteiger partial charge < -0.3 is 10.2 Å². The number of benzene rings is 2. The highest BCUT2D eigenvalue weighted by atomic mass is 16.2. The number of carbonyl (C=O) groups excluding carboxylic acids is 1. The average Bonchev–Trinajstić information content (AvgIpc) is 3.13. The van der Waals surface area contributed by atoms with Crippen LogP contribution in [0.1, 0.15) is 25.0 Å². The number of carbonyl (C=O) groups is 1. The third-order valence-corrected chi connectivity index (χ3v) is 6.37. The molecule has 0 spiro atoms. The molecule has 1 amide bonds. The van der Waals surface area contributed by atoms with Crippen LogP contribution in [0.3, 0.4) is 0 Å². The molecule has 0 aliphatic carbocycles. The maximum atomic E-state index is 12.2. The van der Waals surface area contributed by atoms with Gasteiger partial charge in [0.15, 0.2) is 0 Å². The number of aromatic nitrogens is 1. The summed E-state index contributed by atoms with van der Waals surface area (Å²) in [6.45, 7) is 9.09. The maximum Gasteiger partial charge on any atom is 0.256 e. The molecule has 5 nitrogen and oxygen atoms in total. The maximum absolute atomic E-state index is 12.2. The van der Waals surface area contributed by atoms with Gasteiger partial charge in [-0.05, 0) is 49.4 Å². The summed E-state index contributed by atoms with van der Waals surface area (Å²) in [4.78, 5) is 21.8. The van der Waals surface area contributed by atoms with E-state index in [1.54, 1.807) is 0 Å². The van der Waals surface area contributed by atoms with Crippen molar-refractivity contribution in [2.75, 3.05) is 42.9 Å². The predicted octanol–water partition coefficient (Wildman–Crippen LogP) is 4.35. The van der Waals surface area contributed by atoms with Gasteiger partial charge in [-0.1, -0.05) is 35.9 Å². The molecule has 1 N–H and O–H groups in total. The fourth-order valence-corrected chi connectivity index (χ4v) is 4.69. The van der Waals surface area contributed by atoms with Gasteiger partial charge >= 0.3 is 0 Å². The molecule has 0 atom stereocenters. The first-order valence-electron chi connectivity index (χ1n) is 11.0. The van der Waals surface area contributed by atoms with Crippen molar-refractivity contribution in [1.82, 2.24) is 9.88 Å². The molecule has 1 saturated heterocycles. The lowest BCUT2D eigenvalue weighted by Gasteiger charge is -2.36. The van der Waals surface area contributed by atoms with Crippen molar-refractivity contribution in [3.63, 3.8) is 0 Å². The lowest BCUT2D eigenvalue weighted by molar-refractivity contribution is -0.110. The van der Waals surface area contributed by atoms with E-state index in [4.69, 9.17) is 0 Å². The Hall–Kier alpha value is -3.18. The van der Waals surface area contributed by atoms with Crippen LogP contribution in [0.2, 0.25) is 0 Å². The Morgan fingerprint density at radius 3 is 2.65 bits per heavy atom. The number of anilines is 2. The number of hydrogen-bond donors (Lipinski definition) is 1. The van der Waals surface area contributed by atoms with E-state index in [0.717, 1.165) is 67.4 Å². The lowest BCUT2D eigenvalue weighted by Crippen LogP contribution is -2.47. The van der Waals surface area contributed by atoms with Crippen molar-refractivity contribution in [2.45, 2.75) is 20.3 Å². The first-order chi connectivity index (χ1) is 15.1. The number of amides is 1. The summed E-state index contributed by atoms with van der Waals surface area (Å²) in [7, 11) is 0. The zero-order valence-corrected chi connectivity index (χ0v) is 18.2. The summed E-state index contributed by atoms with van der Waals surface area (Å²) >= 11 is 0. The van der Waals surface area contributed by atoms with Crippen LogP contribution in [-0.4, -0.2) is 48.5 Å². The summed E-state index contributed by atoms with van der Waals surface area (Å²) in [6.07, 6.45) is 2.91. The normalized spacial score (nSPS) is 16.5. The van der Waals surface area contributed by atoms with Gasteiger partial charge in [0.2, 0.25) is 0 Å². The van der Waals surface area contributed by atoms with E-state index in [1.807, 2.05) is 26.1 Å². The molecule has 0 bridgehead atoms. The van der Waals surface area contributed by atoms with Gasteiger partial charge in [-0.25, -0.2) is 4.98 Å². The van der Waals surface area contributed by atoms with E-state index in [9.17, 15) is 4.79 Å². The summed E-state index contributed by atoms with van der Waals surface area (Å²) < 4.78 is 0. The molecule has 2 aliphatic rings. The summed E-state index contributed by atoms with van der Waals surface area (Å²) in [5.41, 5.74) is 5.15. The van der Waals surface area contributed by atoms with E-state index in [0.29, 0.717) is 0 Å².